The van der Waals surface area contributed by atoms with E-state index in [1.807, 2.05) is 0 Å². The molecule has 1 aromatic rings. The van der Waals surface area contributed by atoms with Crippen molar-refractivity contribution < 1.29 is 22.8 Å². The van der Waals surface area contributed by atoms with E-state index >= 15 is 0 Å². The van der Waals surface area contributed by atoms with Crippen LogP contribution in [0.15, 0.2) is 17.1 Å². The van der Waals surface area contributed by atoms with Gasteiger partial charge in [0.05, 0.1) is 4.92 Å². The maximum atomic E-state index is 14.1. The zero-order valence-corrected chi connectivity index (χ0v) is 11.2. The van der Waals surface area contributed by atoms with Crippen LogP contribution in [0.3, 0.4) is 0 Å². The average Bonchev–Trinajstić information content (AvgIpc) is 2.34. The zero-order chi connectivity index (χ0) is 16.0. The molecule has 0 unspecified atom stereocenters. The summed E-state index contributed by atoms with van der Waals surface area (Å²) < 4.78 is 46.8. The second kappa shape index (κ2) is 4.61. The summed E-state index contributed by atoms with van der Waals surface area (Å²) in [6.07, 6.45) is 0. The monoisotopic (exact) mass is 303 g/mol. The normalized spacial score (nSPS) is 24.1. The van der Waals surface area contributed by atoms with Crippen LogP contribution in [0.1, 0.15) is 18.1 Å². The van der Waals surface area contributed by atoms with Gasteiger partial charge in [-0.15, -0.1) is 0 Å². The predicted octanol–water partition coefficient (Wildman–Crippen LogP) is 2.24. The first-order valence-electron chi connectivity index (χ1n) is 5.89. The molecule has 0 amide bonds. The molecule has 0 saturated carbocycles. The van der Waals surface area contributed by atoms with Gasteiger partial charge in [-0.05, 0) is 19.9 Å². The quantitative estimate of drug-likeness (QED) is 0.670. The lowest BCUT2D eigenvalue weighted by Crippen LogP contribution is -2.51. The topological polar surface area (TPSA) is 90.8 Å². The van der Waals surface area contributed by atoms with Crippen molar-refractivity contribution in [1.82, 2.24) is 0 Å². The van der Waals surface area contributed by atoms with Gasteiger partial charge in [-0.2, -0.15) is 8.78 Å². The number of nitrogens with zero attached hydrogens (tertiary/aromatic N) is 2. The Bertz CT molecular complexity index is 648. The molecule has 0 aliphatic carbocycles. The molecule has 1 aromatic carbocycles. The van der Waals surface area contributed by atoms with Crippen LogP contribution in [-0.2, 0) is 10.3 Å². The summed E-state index contributed by atoms with van der Waals surface area (Å²) in [6.45, 7) is 1.19. The fourth-order valence-electron chi connectivity index (χ4n) is 2.13. The molecule has 1 aliphatic rings. The van der Waals surface area contributed by atoms with Crippen LogP contribution in [0.25, 0.3) is 0 Å². The lowest BCUT2D eigenvalue weighted by Gasteiger charge is -2.37. The van der Waals surface area contributed by atoms with E-state index in [0.29, 0.717) is 0 Å². The average molecular weight is 303 g/mol. The molecule has 2 rings (SSSR count). The van der Waals surface area contributed by atoms with E-state index in [1.54, 1.807) is 0 Å². The molecule has 0 fully saturated rings. The molecule has 0 saturated heterocycles. The van der Waals surface area contributed by atoms with Gasteiger partial charge in [0.2, 0.25) is 0 Å². The number of nitro groups is 1. The van der Waals surface area contributed by atoms with Gasteiger partial charge in [-0.25, -0.2) is 9.38 Å². The SMILES string of the molecule is Cc1cc(F)c([C@@]2(C)N=C(N)OCC2(F)F)cc1[N+](=O)[O-]. The fourth-order valence-corrected chi connectivity index (χ4v) is 2.13. The minimum atomic E-state index is -3.57. The Labute approximate surface area is 117 Å². The van der Waals surface area contributed by atoms with Crippen molar-refractivity contribution in [2.45, 2.75) is 25.3 Å². The van der Waals surface area contributed by atoms with E-state index in [9.17, 15) is 23.3 Å². The molecule has 0 aromatic heterocycles. The first-order valence-corrected chi connectivity index (χ1v) is 5.89. The van der Waals surface area contributed by atoms with Crippen molar-refractivity contribution in [3.05, 3.63) is 39.2 Å². The van der Waals surface area contributed by atoms with E-state index < -0.39 is 46.1 Å². The van der Waals surface area contributed by atoms with Crippen LogP contribution in [0.2, 0.25) is 0 Å². The molecule has 0 spiro atoms. The standard InChI is InChI=1S/C12H12F3N3O3/c1-6-3-8(13)7(4-9(6)18(19)20)11(2)12(14,15)5-21-10(16)17-11/h3-4H,5H2,1-2H3,(H2,16,17)/t11-/m1/s1. The van der Waals surface area contributed by atoms with Crippen LogP contribution in [0.5, 0.6) is 0 Å². The maximum absolute atomic E-state index is 14.1. The van der Waals surface area contributed by atoms with Crippen LogP contribution in [-0.4, -0.2) is 23.5 Å². The number of ether oxygens (including phenoxy) is 1. The molecule has 2 N–H and O–H groups in total. The first-order chi connectivity index (χ1) is 9.58. The van der Waals surface area contributed by atoms with Gasteiger partial charge in [-0.1, -0.05) is 0 Å². The molecule has 21 heavy (non-hydrogen) atoms. The van der Waals surface area contributed by atoms with Crippen molar-refractivity contribution >= 4 is 11.7 Å². The molecule has 6 nitrogen and oxygen atoms in total. The van der Waals surface area contributed by atoms with Crippen LogP contribution in [0, 0.1) is 22.9 Å². The summed E-state index contributed by atoms with van der Waals surface area (Å²) in [5.74, 6) is -4.58. The Morgan fingerprint density at radius 3 is 2.67 bits per heavy atom. The number of amidine groups is 1. The smallest absolute Gasteiger partial charge is 0.310 e. The highest BCUT2D eigenvalue weighted by Crippen LogP contribution is 2.45. The highest BCUT2D eigenvalue weighted by atomic mass is 19.3. The number of rotatable bonds is 2. The Kier molecular flexibility index (Phi) is 3.31. The highest BCUT2D eigenvalue weighted by Gasteiger charge is 2.56. The van der Waals surface area contributed by atoms with Gasteiger partial charge < -0.3 is 10.5 Å². The predicted molar refractivity (Wildman–Crippen MR) is 67.7 cm³/mol. The molecular weight excluding hydrogens is 291 g/mol. The number of benzene rings is 1. The van der Waals surface area contributed by atoms with E-state index in [-0.39, 0.29) is 5.56 Å². The summed E-state index contributed by atoms with van der Waals surface area (Å²) in [6, 6.07) is 1.07. The molecule has 9 heteroatoms. The van der Waals surface area contributed by atoms with Crippen LogP contribution < -0.4 is 5.73 Å². The fraction of sp³-hybridized carbons (Fsp3) is 0.417. The van der Waals surface area contributed by atoms with E-state index in [0.717, 1.165) is 19.1 Å². The van der Waals surface area contributed by atoms with Crippen molar-refractivity contribution in [3.63, 3.8) is 0 Å². The molecule has 1 heterocycles. The van der Waals surface area contributed by atoms with Gasteiger partial charge >= 0.3 is 5.92 Å². The second-order valence-corrected chi connectivity index (χ2v) is 4.89. The number of halogens is 3. The van der Waals surface area contributed by atoms with Crippen molar-refractivity contribution in [2.24, 2.45) is 10.7 Å². The number of aryl methyl sites for hydroxylation is 1. The van der Waals surface area contributed by atoms with Gasteiger partial charge in [-0.3, -0.25) is 10.1 Å². The molecule has 1 aliphatic heterocycles. The third-order valence-corrected chi connectivity index (χ3v) is 3.45. The number of hydrogen-bond acceptors (Lipinski definition) is 5. The molecule has 0 bridgehead atoms. The largest absolute Gasteiger partial charge is 0.459 e. The van der Waals surface area contributed by atoms with E-state index in [1.165, 1.54) is 6.92 Å². The summed E-state index contributed by atoms with van der Waals surface area (Å²) in [5, 5.41) is 10.9. The van der Waals surface area contributed by atoms with E-state index in [4.69, 9.17) is 5.73 Å². The van der Waals surface area contributed by atoms with Crippen molar-refractivity contribution in [3.8, 4) is 0 Å². The molecule has 1 atom stereocenters. The summed E-state index contributed by atoms with van der Waals surface area (Å²) in [5.41, 5.74) is 1.86. The van der Waals surface area contributed by atoms with Crippen molar-refractivity contribution in [1.29, 1.82) is 0 Å². The zero-order valence-electron chi connectivity index (χ0n) is 11.2. The third-order valence-electron chi connectivity index (χ3n) is 3.45. The number of nitro benzene ring substituents is 1. The minimum absolute atomic E-state index is 0.0252. The van der Waals surface area contributed by atoms with Gasteiger partial charge in [0.25, 0.3) is 11.7 Å². The number of hydrogen-bond donors (Lipinski definition) is 1. The number of aliphatic imine (C=N–C) groups is 1. The molecule has 114 valence electrons. The molecular formula is C12H12F3N3O3. The van der Waals surface area contributed by atoms with Gasteiger partial charge in [0.1, 0.15) is 5.82 Å². The van der Waals surface area contributed by atoms with Crippen molar-refractivity contribution in [2.75, 3.05) is 6.61 Å². The van der Waals surface area contributed by atoms with Crippen LogP contribution in [0.4, 0.5) is 18.9 Å². The Morgan fingerprint density at radius 2 is 2.10 bits per heavy atom. The summed E-state index contributed by atoms with van der Waals surface area (Å²) >= 11 is 0. The lowest BCUT2D eigenvalue weighted by molar-refractivity contribution is -0.385. The first kappa shape index (κ1) is 15.1. The Morgan fingerprint density at radius 1 is 1.48 bits per heavy atom. The third kappa shape index (κ3) is 2.28. The maximum Gasteiger partial charge on any atom is 0.310 e. The Balaban J connectivity index is 2.72. The summed E-state index contributed by atoms with van der Waals surface area (Å²) in [4.78, 5) is 13.6. The highest BCUT2D eigenvalue weighted by molar-refractivity contribution is 5.73. The van der Waals surface area contributed by atoms with Gasteiger partial charge in [0, 0.05) is 17.2 Å². The lowest BCUT2D eigenvalue weighted by atomic mass is 9.84. The van der Waals surface area contributed by atoms with Gasteiger partial charge in [0.15, 0.2) is 12.1 Å². The number of alkyl halides is 2. The minimum Gasteiger partial charge on any atom is -0.459 e. The van der Waals surface area contributed by atoms with E-state index in [2.05, 4.69) is 9.73 Å². The van der Waals surface area contributed by atoms with Crippen LogP contribution >= 0.6 is 0 Å². The molecule has 0 radical (unpaired) electrons. The second-order valence-electron chi connectivity index (χ2n) is 4.89. The summed E-state index contributed by atoms with van der Waals surface area (Å²) in [7, 11) is 0. The Hall–Kier alpha value is -2.32. The number of nitrogens with two attached hydrogens (primary N) is 1.